The van der Waals surface area contributed by atoms with Gasteiger partial charge in [-0.25, -0.2) is 23.2 Å². The van der Waals surface area contributed by atoms with Gasteiger partial charge in [0, 0.05) is 69.6 Å². The molecular weight excluding hydrogens is 786 g/mol. The minimum absolute atomic E-state index is 0.0670. The number of nitrogens with zero attached hydrogens (tertiary/aromatic N) is 8. The third-order valence-electron chi connectivity index (χ3n) is 12.1. The van der Waals surface area contributed by atoms with E-state index in [0.717, 1.165) is 28.9 Å². The van der Waals surface area contributed by atoms with Crippen LogP contribution in [-0.2, 0) is 17.8 Å². The molecule has 1 atom stereocenters. The van der Waals surface area contributed by atoms with E-state index in [0.29, 0.717) is 35.9 Å². The summed E-state index contributed by atoms with van der Waals surface area (Å²) in [6, 6.07) is 8.33. The number of imide groups is 1. The summed E-state index contributed by atoms with van der Waals surface area (Å²) < 4.78 is 33.6. The number of fused-ring (bicyclic) bond motifs is 2. The van der Waals surface area contributed by atoms with E-state index in [4.69, 9.17) is 22.3 Å². The van der Waals surface area contributed by atoms with Crippen molar-refractivity contribution in [3.05, 3.63) is 93.9 Å². The number of benzene rings is 2. The number of urea groups is 1. The lowest BCUT2D eigenvalue weighted by Crippen LogP contribution is -2.70. The molecule has 0 aliphatic carbocycles. The molecule has 1 spiro atoms. The first-order chi connectivity index (χ1) is 28.3. The van der Waals surface area contributed by atoms with Crippen molar-refractivity contribution in [2.75, 3.05) is 61.5 Å². The van der Waals surface area contributed by atoms with Crippen LogP contribution in [0.2, 0.25) is 5.02 Å². The van der Waals surface area contributed by atoms with Crippen LogP contribution in [0.1, 0.15) is 56.3 Å². The molecular formula is C40H41ClF2N12O4. The fourth-order valence-electron chi connectivity index (χ4n) is 8.95. The van der Waals surface area contributed by atoms with E-state index < -0.39 is 41.6 Å². The van der Waals surface area contributed by atoms with Crippen LogP contribution in [-0.4, -0.2) is 112 Å². The first kappa shape index (κ1) is 38.4. The number of primary amides is 1. The molecule has 0 radical (unpaired) electrons. The van der Waals surface area contributed by atoms with Crippen LogP contribution in [0.4, 0.5) is 25.0 Å². The van der Waals surface area contributed by atoms with Crippen molar-refractivity contribution in [1.29, 1.82) is 0 Å². The maximum Gasteiger partial charge on any atom is 0.328 e. The topological polar surface area (TPSA) is 187 Å². The molecule has 2 aromatic heterocycles. The number of rotatable bonds is 8. The number of nitrogens with one attached hydrogen (secondary N) is 3. The number of hydrogen-bond acceptors (Lipinski definition) is 11. The van der Waals surface area contributed by atoms with Crippen molar-refractivity contribution >= 4 is 52.4 Å². The second kappa shape index (κ2) is 14.3. The number of likely N-dealkylation sites (tertiary alicyclic amines) is 2. The monoisotopic (exact) mass is 826 g/mol. The van der Waals surface area contributed by atoms with Crippen LogP contribution in [0.5, 0.6) is 0 Å². The number of carbonyl (C=O) groups excluding carboxylic acids is 4. The molecule has 5 aliphatic heterocycles. The van der Waals surface area contributed by atoms with Gasteiger partial charge in [0.2, 0.25) is 5.91 Å². The number of hydrogen-bond donors (Lipinski definition) is 4. The highest BCUT2D eigenvalue weighted by molar-refractivity contribution is 6.35. The Balaban J connectivity index is 0.839. The van der Waals surface area contributed by atoms with E-state index in [1.807, 2.05) is 29.2 Å². The standard InChI is InChI=1S/C40H41ClF2N12O4/c1-22-12-23(13-30(34(22)41)54-10-7-33(56)49-38(54)59)37(58)52-11-8-39(40(42,43)21-52)19-51(20-39)18-24-15-47-28(16-46-24)25-4-3-5-29-26(25)6-9-53(29)32-14-27(45-2)36-48-17-31(35(44)57)55(36)50-32/h3-5,12-17,32,45,50H,6-11,18-21H2,1-2H3,(H2,44,57)(H,49,56,59). The summed E-state index contributed by atoms with van der Waals surface area (Å²) >= 11 is 6.50. The number of carbonyl (C=O) groups is 4. The predicted octanol–water partition coefficient (Wildman–Crippen LogP) is 3.34. The molecule has 7 heterocycles. The smallest absolute Gasteiger partial charge is 0.328 e. The molecule has 306 valence electrons. The predicted molar refractivity (Wildman–Crippen MR) is 214 cm³/mol. The number of amides is 5. The number of nitrogens with two attached hydrogens (primary N) is 1. The summed E-state index contributed by atoms with van der Waals surface area (Å²) in [4.78, 5) is 70.3. The first-order valence-corrected chi connectivity index (χ1v) is 19.7. The van der Waals surface area contributed by atoms with Crippen LogP contribution < -0.4 is 31.6 Å². The van der Waals surface area contributed by atoms with Gasteiger partial charge in [0.15, 0.2) is 5.82 Å². The minimum atomic E-state index is -3.14. The zero-order chi connectivity index (χ0) is 41.4. The number of aromatic nitrogens is 4. The average Bonchev–Trinajstić information content (AvgIpc) is 3.84. The number of anilines is 2. The van der Waals surface area contributed by atoms with Crippen LogP contribution in [0, 0.1) is 12.3 Å². The normalized spacial score (nSPS) is 20.7. The summed E-state index contributed by atoms with van der Waals surface area (Å²) in [7, 11) is 1.80. The maximum atomic E-state index is 16.0. The van der Waals surface area contributed by atoms with Gasteiger partial charge in [-0.15, -0.1) is 0 Å². The quantitative estimate of drug-likeness (QED) is 0.204. The van der Waals surface area contributed by atoms with Crippen LogP contribution >= 0.6 is 11.6 Å². The number of piperidine rings is 1. The Bertz CT molecular complexity index is 2450. The summed E-state index contributed by atoms with van der Waals surface area (Å²) in [6.07, 6.45) is 7.53. The van der Waals surface area contributed by atoms with Crippen molar-refractivity contribution < 1.29 is 28.0 Å². The number of aryl methyl sites for hydroxylation is 1. The third-order valence-corrected chi connectivity index (χ3v) is 12.6. The molecule has 0 bridgehead atoms. The zero-order valence-electron chi connectivity index (χ0n) is 32.3. The van der Waals surface area contributed by atoms with Gasteiger partial charge in [0.05, 0.1) is 58.3 Å². The van der Waals surface area contributed by atoms with E-state index >= 15 is 8.78 Å². The molecule has 16 nitrogen and oxygen atoms in total. The van der Waals surface area contributed by atoms with E-state index in [2.05, 4.69) is 30.9 Å². The highest BCUT2D eigenvalue weighted by Crippen LogP contribution is 2.51. The van der Waals surface area contributed by atoms with Gasteiger partial charge in [0.25, 0.3) is 17.7 Å². The fourth-order valence-corrected chi connectivity index (χ4v) is 9.16. The van der Waals surface area contributed by atoms with Gasteiger partial charge in [0.1, 0.15) is 11.9 Å². The van der Waals surface area contributed by atoms with E-state index in [-0.39, 0.29) is 67.2 Å². The molecule has 5 aliphatic rings. The molecule has 59 heavy (non-hydrogen) atoms. The second-order valence-electron chi connectivity index (χ2n) is 15.7. The Hall–Kier alpha value is -6.14. The van der Waals surface area contributed by atoms with Gasteiger partial charge < -0.3 is 20.9 Å². The molecule has 5 N–H and O–H groups in total. The summed E-state index contributed by atoms with van der Waals surface area (Å²) in [5, 5.41) is 5.65. The molecule has 3 saturated heterocycles. The van der Waals surface area contributed by atoms with E-state index in [1.165, 1.54) is 28.1 Å². The van der Waals surface area contributed by atoms with E-state index in [1.54, 1.807) is 31.0 Å². The molecule has 1 unspecified atom stereocenters. The van der Waals surface area contributed by atoms with Crippen LogP contribution in [0.25, 0.3) is 17.0 Å². The number of imidazole rings is 1. The minimum Gasteiger partial charge on any atom is -0.385 e. The highest BCUT2D eigenvalue weighted by Gasteiger charge is 2.63. The average molecular weight is 827 g/mol. The molecule has 0 saturated carbocycles. The molecule has 19 heteroatoms. The zero-order valence-corrected chi connectivity index (χ0v) is 33.0. The van der Waals surface area contributed by atoms with Crippen molar-refractivity contribution in [3.63, 3.8) is 0 Å². The Morgan fingerprint density at radius 3 is 2.54 bits per heavy atom. The molecule has 3 fully saturated rings. The Morgan fingerprint density at radius 2 is 1.83 bits per heavy atom. The summed E-state index contributed by atoms with van der Waals surface area (Å²) in [5.41, 5.74) is 14.0. The van der Waals surface area contributed by atoms with Crippen molar-refractivity contribution in [2.24, 2.45) is 11.1 Å². The lowest BCUT2D eigenvalue weighted by molar-refractivity contribution is -0.220. The second-order valence-corrected chi connectivity index (χ2v) is 16.1. The third kappa shape index (κ3) is 6.50. The Kier molecular flexibility index (Phi) is 9.30. The van der Waals surface area contributed by atoms with E-state index in [9.17, 15) is 19.2 Å². The largest absolute Gasteiger partial charge is 0.385 e. The van der Waals surface area contributed by atoms with Crippen LogP contribution in [0.3, 0.4) is 0 Å². The number of alkyl halides is 2. The Morgan fingerprint density at radius 1 is 1.02 bits per heavy atom. The van der Waals surface area contributed by atoms with Crippen molar-refractivity contribution in [1.82, 2.24) is 40.1 Å². The van der Waals surface area contributed by atoms with Crippen molar-refractivity contribution in [2.45, 2.75) is 44.8 Å². The maximum absolute atomic E-state index is 16.0. The number of halogens is 3. The molecule has 5 amide bonds. The molecule has 2 aromatic carbocycles. The van der Waals surface area contributed by atoms with Crippen molar-refractivity contribution in [3.8, 4) is 11.3 Å². The summed E-state index contributed by atoms with van der Waals surface area (Å²) in [5.74, 6) is -4.16. The lowest BCUT2D eigenvalue weighted by atomic mass is 9.69. The van der Waals surface area contributed by atoms with Gasteiger partial charge in [-0.3, -0.25) is 44.9 Å². The molecule has 4 aromatic rings. The first-order valence-electron chi connectivity index (χ1n) is 19.3. The van der Waals surface area contributed by atoms with Crippen LogP contribution in [0.15, 0.2) is 55.0 Å². The van der Waals surface area contributed by atoms with Gasteiger partial charge in [-0.1, -0.05) is 23.7 Å². The summed E-state index contributed by atoms with van der Waals surface area (Å²) in [6.45, 7) is 2.54. The highest BCUT2D eigenvalue weighted by atomic mass is 35.5. The lowest BCUT2D eigenvalue weighted by Gasteiger charge is -2.57. The Labute approximate surface area is 342 Å². The fraction of sp³-hybridized carbons (Fsp3) is 0.375. The van der Waals surface area contributed by atoms with Gasteiger partial charge >= 0.3 is 6.03 Å². The van der Waals surface area contributed by atoms with Gasteiger partial charge in [-0.05, 0) is 55.2 Å². The van der Waals surface area contributed by atoms with Gasteiger partial charge in [-0.2, -0.15) is 0 Å². The molecule has 9 rings (SSSR count). The SMILES string of the molecule is CNC1=CC(N2CCc3c(-c4cnc(CN5CC6(CCN(C(=O)c7cc(C)c(Cl)c(N8CCC(=O)NC8=O)c7)CC6(F)F)C5)cn4)cccc32)Nn2c(C(N)=O)cnc21.